The van der Waals surface area contributed by atoms with Crippen LogP contribution in [0.5, 0.6) is 34.5 Å². The Labute approximate surface area is 206 Å². The van der Waals surface area contributed by atoms with Gasteiger partial charge < -0.3 is 28.8 Å². The fraction of sp³-hybridized carbons (Fsp3) is 0.393. The van der Waals surface area contributed by atoms with Crippen LogP contribution < -0.4 is 23.7 Å². The van der Waals surface area contributed by atoms with Gasteiger partial charge >= 0.3 is 0 Å². The second-order valence-electron chi connectivity index (χ2n) is 8.24. The average Bonchev–Trinajstić information content (AvgIpc) is 2.88. The molecule has 0 saturated heterocycles. The van der Waals surface area contributed by atoms with Gasteiger partial charge in [0.15, 0.2) is 28.8 Å². The van der Waals surface area contributed by atoms with Gasteiger partial charge in [-0.2, -0.15) is 0 Å². The molecule has 0 aromatic heterocycles. The van der Waals surface area contributed by atoms with Crippen LogP contribution >= 0.6 is 0 Å². The van der Waals surface area contributed by atoms with Gasteiger partial charge in [-0.15, -0.1) is 0 Å². The van der Waals surface area contributed by atoms with E-state index < -0.39 is 0 Å². The highest BCUT2D eigenvalue weighted by molar-refractivity contribution is 6.15. The molecule has 3 rings (SSSR count). The van der Waals surface area contributed by atoms with Crippen LogP contribution in [0.1, 0.15) is 42.6 Å². The standard InChI is InChI=1S/C28H34O7/c1-9-16(10-2)25(29)23-15(3)22(17-11-12-19(31-4)20(13-17)32-5)24-18(26(23)30)14-21(33-6)27(34-7)28(24)35-8/h11-14,16,30H,9-10H2,1-8H3. The third-order valence-electron chi connectivity index (χ3n) is 6.60. The zero-order chi connectivity index (χ0) is 25.9. The fourth-order valence-electron chi connectivity index (χ4n) is 4.73. The Hall–Kier alpha value is -3.61. The number of ketones is 1. The van der Waals surface area contributed by atoms with Gasteiger partial charge in [-0.3, -0.25) is 4.79 Å². The second-order valence-corrected chi connectivity index (χ2v) is 8.24. The van der Waals surface area contributed by atoms with Crippen molar-refractivity contribution >= 4 is 16.6 Å². The summed E-state index contributed by atoms with van der Waals surface area (Å²) in [6, 6.07) is 7.22. The van der Waals surface area contributed by atoms with E-state index in [1.807, 2.05) is 39.0 Å². The Balaban J connectivity index is 2.58. The number of Topliss-reactive ketones (excluding diaryl/α,β-unsaturated/α-hetero) is 1. The van der Waals surface area contributed by atoms with Crippen molar-refractivity contribution in [2.45, 2.75) is 33.6 Å². The molecule has 1 N–H and O–H groups in total. The topological polar surface area (TPSA) is 83.5 Å². The van der Waals surface area contributed by atoms with E-state index >= 15 is 0 Å². The highest BCUT2D eigenvalue weighted by atomic mass is 16.5. The summed E-state index contributed by atoms with van der Waals surface area (Å²) in [5, 5.41) is 12.5. The molecule has 0 saturated carbocycles. The van der Waals surface area contributed by atoms with Gasteiger partial charge in [0.2, 0.25) is 5.75 Å². The van der Waals surface area contributed by atoms with E-state index in [1.54, 1.807) is 20.3 Å². The minimum Gasteiger partial charge on any atom is -0.507 e. The van der Waals surface area contributed by atoms with E-state index in [2.05, 4.69) is 0 Å². The molecule has 0 heterocycles. The first-order chi connectivity index (χ1) is 16.8. The molecule has 0 bridgehead atoms. The molecule has 0 atom stereocenters. The molecule has 7 nitrogen and oxygen atoms in total. The Morgan fingerprint density at radius 2 is 1.43 bits per heavy atom. The van der Waals surface area contributed by atoms with Gasteiger partial charge in [0, 0.05) is 16.7 Å². The van der Waals surface area contributed by atoms with Crippen LogP contribution in [-0.2, 0) is 0 Å². The highest BCUT2D eigenvalue weighted by Gasteiger charge is 2.30. The first-order valence-corrected chi connectivity index (χ1v) is 11.6. The number of rotatable bonds is 10. The lowest BCUT2D eigenvalue weighted by Gasteiger charge is -2.23. The predicted octanol–water partition coefficient (Wildman–Crippen LogP) is 6.18. The Morgan fingerprint density at radius 3 is 1.94 bits per heavy atom. The van der Waals surface area contributed by atoms with Crippen molar-refractivity contribution in [3.63, 3.8) is 0 Å². The molecule has 7 heteroatoms. The number of benzene rings is 3. The van der Waals surface area contributed by atoms with E-state index in [-0.39, 0.29) is 17.5 Å². The molecule has 0 spiro atoms. The Kier molecular flexibility index (Phi) is 7.99. The molecule has 0 aliphatic rings. The molecule has 3 aromatic carbocycles. The lowest BCUT2D eigenvalue weighted by molar-refractivity contribution is 0.0910. The second kappa shape index (κ2) is 10.8. The largest absolute Gasteiger partial charge is 0.507 e. The number of methoxy groups -OCH3 is 5. The van der Waals surface area contributed by atoms with Crippen LogP contribution in [0.4, 0.5) is 0 Å². The summed E-state index contributed by atoms with van der Waals surface area (Å²) >= 11 is 0. The molecule has 0 aliphatic heterocycles. The molecular weight excluding hydrogens is 448 g/mol. The zero-order valence-corrected chi connectivity index (χ0v) is 21.7. The average molecular weight is 483 g/mol. The number of carbonyl (C=O) groups is 1. The molecule has 0 unspecified atom stereocenters. The van der Waals surface area contributed by atoms with Crippen molar-refractivity contribution in [3.05, 3.63) is 35.4 Å². The van der Waals surface area contributed by atoms with Gasteiger partial charge in [0.25, 0.3) is 0 Å². The summed E-state index contributed by atoms with van der Waals surface area (Å²) in [4.78, 5) is 13.6. The molecular formula is C28H34O7. The highest BCUT2D eigenvalue weighted by Crippen LogP contribution is 2.52. The van der Waals surface area contributed by atoms with Crippen molar-refractivity contribution in [2.75, 3.05) is 35.5 Å². The molecule has 0 amide bonds. The van der Waals surface area contributed by atoms with Gasteiger partial charge in [-0.1, -0.05) is 19.9 Å². The zero-order valence-electron chi connectivity index (χ0n) is 21.7. The number of phenolic OH excluding ortho intramolecular Hbond substituents is 1. The summed E-state index contributed by atoms with van der Waals surface area (Å²) in [5.74, 6) is 1.89. The van der Waals surface area contributed by atoms with Crippen molar-refractivity contribution in [1.29, 1.82) is 0 Å². The molecule has 3 aromatic rings. The molecule has 0 fully saturated rings. The number of fused-ring (bicyclic) bond motifs is 1. The van der Waals surface area contributed by atoms with Crippen LogP contribution in [0.3, 0.4) is 0 Å². The van der Waals surface area contributed by atoms with E-state index in [4.69, 9.17) is 23.7 Å². The van der Waals surface area contributed by atoms with Crippen LogP contribution in [0.2, 0.25) is 0 Å². The smallest absolute Gasteiger partial charge is 0.203 e. The quantitative estimate of drug-likeness (QED) is 0.345. The van der Waals surface area contributed by atoms with Crippen molar-refractivity contribution in [2.24, 2.45) is 5.92 Å². The van der Waals surface area contributed by atoms with Crippen LogP contribution in [0, 0.1) is 12.8 Å². The lowest BCUT2D eigenvalue weighted by atomic mass is 9.83. The van der Waals surface area contributed by atoms with Crippen molar-refractivity contribution in [3.8, 4) is 45.6 Å². The normalized spacial score (nSPS) is 11.0. The van der Waals surface area contributed by atoms with E-state index in [1.165, 1.54) is 21.3 Å². The Bertz CT molecular complexity index is 1240. The minimum absolute atomic E-state index is 0.0950. The van der Waals surface area contributed by atoms with Gasteiger partial charge in [-0.05, 0) is 54.7 Å². The van der Waals surface area contributed by atoms with Gasteiger partial charge in [0.1, 0.15) is 5.75 Å². The monoisotopic (exact) mass is 482 g/mol. The van der Waals surface area contributed by atoms with Crippen LogP contribution in [0.15, 0.2) is 24.3 Å². The SMILES string of the molecule is CCC(CC)C(=O)c1c(C)c(-c2ccc(OC)c(OC)c2)c2c(OC)c(OC)c(OC)cc2c1O. The van der Waals surface area contributed by atoms with E-state index in [0.717, 1.165) is 11.1 Å². The van der Waals surface area contributed by atoms with Gasteiger partial charge in [-0.25, -0.2) is 0 Å². The third-order valence-corrected chi connectivity index (χ3v) is 6.60. The maximum Gasteiger partial charge on any atom is 0.203 e. The van der Waals surface area contributed by atoms with Gasteiger partial charge in [0.05, 0.1) is 41.1 Å². The minimum atomic E-state index is -0.211. The van der Waals surface area contributed by atoms with Crippen molar-refractivity contribution < 1.29 is 33.6 Å². The summed E-state index contributed by atoms with van der Waals surface area (Å²) in [6.07, 6.45) is 1.35. The van der Waals surface area contributed by atoms with E-state index in [9.17, 15) is 9.90 Å². The maximum atomic E-state index is 13.6. The van der Waals surface area contributed by atoms with Crippen LogP contribution in [-0.4, -0.2) is 46.4 Å². The number of hydrogen-bond donors (Lipinski definition) is 1. The molecule has 188 valence electrons. The first-order valence-electron chi connectivity index (χ1n) is 11.6. The summed E-state index contributed by atoms with van der Waals surface area (Å²) < 4.78 is 27.9. The Morgan fingerprint density at radius 1 is 0.829 bits per heavy atom. The molecule has 35 heavy (non-hydrogen) atoms. The summed E-state index contributed by atoms with van der Waals surface area (Å²) in [5.41, 5.74) is 2.44. The third kappa shape index (κ3) is 4.31. The number of ether oxygens (including phenoxy) is 5. The lowest BCUT2D eigenvalue weighted by Crippen LogP contribution is -2.15. The number of aromatic hydroxyl groups is 1. The maximum absolute atomic E-state index is 13.6. The van der Waals surface area contributed by atoms with Crippen molar-refractivity contribution in [1.82, 2.24) is 0 Å². The summed E-state index contributed by atoms with van der Waals surface area (Å²) in [6.45, 7) is 5.80. The fourth-order valence-corrected chi connectivity index (χ4v) is 4.73. The van der Waals surface area contributed by atoms with Crippen LogP contribution in [0.25, 0.3) is 21.9 Å². The molecule has 0 aliphatic carbocycles. The number of hydrogen-bond acceptors (Lipinski definition) is 7. The summed E-state index contributed by atoms with van der Waals surface area (Å²) in [7, 11) is 7.72. The number of carbonyl (C=O) groups excluding carboxylic acids is 1. The molecule has 0 radical (unpaired) electrons. The van der Waals surface area contributed by atoms with E-state index in [0.29, 0.717) is 63.5 Å². The first kappa shape index (κ1) is 26.0. The number of phenols is 1. The predicted molar refractivity (Wildman–Crippen MR) is 137 cm³/mol.